The Labute approximate surface area is 115 Å². The quantitative estimate of drug-likeness (QED) is 0.898. The lowest BCUT2D eigenvalue weighted by molar-refractivity contribution is -0.143. The summed E-state index contributed by atoms with van der Waals surface area (Å²) in [5.74, 6) is -0.770. The van der Waals surface area contributed by atoms with Crippen LogP contribution in [0.4, 0.5) is 0 Å². The minimum absolute atomic E-state index is 0.224. The van der Waals surface area contributed by atoms with E-state index in [0.717, 1.165) is 18.4 Å². The van der Waals surface area contributed by atoms with Crippen molar-refractivity contribution >= 4 is 5.97 Å². The molecule has 104 valence electrons. The van der Waals surface area contributed by atoms with Gasteiger partial charge < -0.3 is 10.1 Å². The highest BCUT2D eigenvalue weighted by molar-refractivity contribution is 5.82. The van der Waals surface area contributed by atoms with Crippen molar-refractivity contribution in [2.24, 2.45) is 0 Å². The van der Waals surface area contributed by atoms with Crippen LogP contribution in [0.25, 0.3) is 5.69 Å². The number of nitrogens with one attached hydrogen (secondary N) is 1. The first-order valence-electron chi connectivity index (χ1n) is 6.74. The van der Waals surface area contributed by atoms with E-state index in [1.165, 1.54) is 4.57 Å². The van der Waals surface area contributed by atoms with E-state index in [-0.39, 0.29) is 5.69 Å². The van der Waals surface area contributed by atoms with Gasteiger partial charge in [0, 0.05) is 12.4 Å². The van der Waals surface area contributed by atoms with Crippen LogP contribution in [0.1, 0.15) is 31.2 Å². The summed E-state index contributed by atoms with van der Waals surface area (Å²) in [4.78, 5) is 26.0. The van der Waals surface area contributed by atoms with Crippen LogP contribution in [0.5, 0.6) is 0 Å². The Hall–Kier alpha value is -2.30. The molecule has 1 aliphatic rings. The van der Waals surface area contributed by atoms with Gasteiger partial charge in [0.15, 0.2) is 0 Å². The number of rotatable bonds is 3. The van der Waals surface area contributed by atoms with Crippen LogP contribution in [-0.4, -0.2) is 20.6 Å². The summed E-state index contributed by atoms with van der Waals surface area (Å²) in [6.45, 7) is 0. The van der Waals surface area contributed by atoms with Gasteiger partial charge in [-0.15, -0.1) is 0 Å². The predicted octanol–water partition coefficient (Wildman–Crippen LogP) is 2.06. The maximum absolute atomic E-state index is 11.7. The molecule has 0 unspecified atom stereocenters. The van der Waals surface area contributed by atoms with Gasteiger partial charge in [-0.25, -0.2) is 4.79 Å². The van der Waals surface area contributed by atoms with Crippen LogP contribution < -0.4 is 5.69 Å². The molecule has 2 N–H and O–H groups in total. The van der Waals surface area contributed by atoms with Crippen molar-refractivity contribution < 1.29 is 9.90 Å². The second-order valence-electron chi connectivity index (χ2n) is 5.28. The Morgan fingerprint density at radius 2 is 2.05 bits per heavy atom. The zero-order valence-electron chi connectivity index (χ0n) is 11.0. The number of hydrogen-bond acceptors (Lipinski definition) is 2. The largest absolute Gasteiger partial charge is 0.481 e. The lowest BCUT2D eigenvalue weighted by atomic mass is 9.79. The number of nitrogens with zero attached hydrogens (tertiary/aromatic N) is 1. The highest BCUT2D eigenvalue weighted by Gasteiger charge is 2.42. The molecule has 1 saturated carbocycles. The van der Waals surface area contributed by atoms with E-state index in [9.17, 15) is 14.7 Å². The molecule has 5 heteroatoms. The fourth-order valence-corrected chi connectivity index (χ4v) is 3.08. The molecule has 0 bridgehead atoms. The highest BCUT2D eigenvalue weighted by atomic mass is 16.4. The molecule has 1 fully saturated rings. The van der Waals surface area contributed by atoms with Crippen LogP contribution in [0.3, 0.4) is 0 Å². The van der Waals surface area contributed by atoms with Gasteiger partial charge in [-0.05, 0) is 30.5 Å². The number of aliphatic carboxylic acids is 1. The summed E-state index contributed by atoms with van der Waals surface area (Å²) in [6, 6.07) is 7.28. The Kier molecular flexibility index (Phi) is 2.97. The van der Waals surface area contributed by atoms with E-state index < -0.39 is 11.4 Å². The molecule has 3 rings (SSSR count). The number of carboxylic acid groups (broad SMARTS) is 1. The van der Waals surface area contributed by atoms with Crippen LogP contribution >= 0.6 is 0 Å². The van der Waals surface area contributed by atoms with Gasteiger partial charge >= 0.3 is 11.7 Å². The molecule has 0 amide bonds. The number of carbonyl (C=O) groups is 1. The molecule has 1 aromatic carbocycles. The van der Waals surface area contributed by atoms with Crippen LogP contribution in [0.15, 0.2) is 41.5 Å². The van der Waals surface area contributed by atoms with Crippen molar-refractivity contribution in [3.8, 4) is 5.69 Å². The molecular formula is C15H16N2O3. The molecule has 1 aliphatic carbocycles. The third-order valence-corrected chi connectivity index (χ3v) is 4.19. The minimum Gasteiger partial charge on any atom is -0.481 e. The van der Waals surface area contributed by atoms with Crippen molar-refractivity contribution in [1.82, 2.24) is 9.55 Å². The SMILES string of the molecule is O=C(O)C1(c2cccc(-n3cc[nH]c3=O)c2)CCCC1. The number of H-pyrrole nitrogens is 1. The van der Waals surface area contributed by atoms with Gasteiger partial charge in [-0.1, -0.05) is 25.0 Å². The number of hydrogen-bond donors (Lipinski definition) is 2. The molecule has 2 aromatic rings. The number of aromatic nitrogens is 2. The number of imidazole rings is 1. The number of aromatic amines is 1. The lowest BCUT2D eigenvalue weighted by Crippen LogP contribution is -2.32. The van der Waals surface area contributed by atoms with E-state index in [4.69, 9.17) is 0 Å². The zero-order valence-corrected chi connectivity index (χ0v) is 11.0. The Morgan fingerprint density at radius 1 is 1.30 bits per heavy atom. The Bertz CT molecular complexity index is 693. The smallest absolute Gasteiger partial charge is 0.330 e. The maximum atomic E-state index is 11.7. The standard InChI is InChI=1S/C15H16N2O3/c18-13(19)15(6-1-2-7-15)11-4-3-5-12(10-11)17-9-8-16-14(17)20/h3-5,8-10H,1-2,6-7H2,(H,16,20)(H,18,19). The van der Waals surface area contributed by atoms with Gasteiger partial charge in [0.05, 0.1) is 11.1 Å². The fourth-order valence-electron chi connectivity index (χ4n) is 3.08. The summed E-state index contributed by atoms with van der Waals surface area (Å²) in [5, 5.41) is 9.62. The Balaban J connectivity index is 2.10. The van der Waals surface area contributed by atoms with Gasteiger partial charge in [0.2, 0.25) is 0 Å². The summed E-state index contributed by atoms with van der Waals surface area (Å²) in [7, 11) is 0. The van der Waals surface area contributed by atoms with E-state index in [1.54, 1.807) is 12.4 Å². The van der Waals surface area contributed by atoms with Gasteiger partial charge in [0.1, 0.15) is 0 Å². The highest BCUT2D eigenvalue weighted by Crippen LogP contribution is 2.41. The summed E-state index contributed by atoms with van der Waals surface area (Å²) < 4.78 is 1.48. The molecule has 5 nitrogen and oxygen atoms in total. The van der Waals surface area contributed by atoms with E-state index >= 15 is 0 Å². The lowest BCUT2D eigenvalue weighted by Gasteiger charge is -2.24. The third kappa shape index (κ3) is 1.86. The van der Waals surface area contributed by atoms with Gasteiger partial charge in [-0.2, -0.15) is 0 Å². The average Bonchev–Trinajstić information content (AvgIpc) is 3.08. The average molecular weight is 272 g/mol. The zero-order chi connectivity index (χ0) is 14.2. The van der Waals surface area contributed by atoms with Crippen molar-refractivity contribution in [3.05, 3.63) is 52.7 Å². The van der Waals surface area contributed by atoms with Gasteiger partial charge in [0.25, 0.3) is 0 Å². The second-order valence-corrected chi connectivity index (χ2v) is 5.28. The minimum atomic E-state index is -0.796. The summed E-state index contributed by atoms with van der Waals surface area (Å²) in [5.41, 5.74) is 0.461. The molecule has 1 aromatic heterocycles. The first kappa shape index (κ1) is 12.7. The normalized spacial score (nSPS) is 17.2. The molecule has 0 spiro atoms. The van der Waals surface area contributed by atoms with Gasteiger partial charge in [-0.3, -0.25) is 9.36 Å². The summed E-state index contributed by atoms with van der Waals surface area (Å²) >= 11 is 0. The third-order valence-electron chi connectivity index (χ3n) is 4.19. The monoisotopic (exact) mass is 272 g/mol. The molecule has 0 radical (unpaired) electrons. The molecule has 0 atom stereocenters. The number of carboxylic acids is 1. The van der Waals surface area contributed by atoms with Crippen LogP contribution in [0, 0.1) is 0 Å². The molecule has 0 saturated heterocycles. The Morgan fingerprint density at radius 3 is 2.65 bits per heavy atom. The molecule has 1 heterocycles. The number of benzene rings is 1. The van der Waals surface area contributed by atoms with Crippen molar-refractivity contribution in [2.75, 3.05) is 0 Å². The van der Waals surface area contributed by atoms with E-state index in [2.05, 4.69) is 4.98 Å². The second kappa shape index (κ2) is 4.67. The first-order valence-corrected chi connectivity index (χ1v) is 6.74. The molecular weight excluding hydrogens is 256 g/mol. The predicted molar refractivity (Wildman–Crippen MR) is 74.2 cm³/mol. The van der Waals surface area contributed by atoms with E-state index in [0.29, 0.717) is 18.5 Å². The van der Waals surface area contributed by atoms with E-state index in [1.807, 2.05) is 24.3 Å². The maximum Gasteiger partial charge on any atom is 0.330 e. The van der Waals surface area contributed by atoms with Crippen LogP contribution in [0.2, 0.25) is 0 Å². The van der Waals surface area contributed by atoms with Crippen molar-refractivity contribution in [1.29, 1.82) is 0 Å². The fraction of sp³-hybridized carbons (Fsp3) is 0.333. The first-order chi connectivity index (χ1) is 9.63. The molecule has 0 aliphatic heterocycles. The topological polar surface area (TPSA) is 75.1 Å². The molecule has 20 heavy (non-hydrogen) atoms. The van der Waals surface area contributed by atoms with Crippen LogP contribution in [-0.2, 0) is 10.2 Å². The summed E-state index contributed by atoms with van der Waals surface area (Å²) in [6.07, 6.45) is 6.39. The van der Waals surface area contributed by atoms with Crippen molar-refractivity contribution in [3.63, 3.8) is 0 Å². The van der Waals surface area contributed by atoms with Crippen molar-refractivity contribution in [2.45, 2.75) is 31.1 Å².